The summed E-state index contributed by atoms with van der Waals surface area (Å²) < 4.78 is 3.38. The van der Waals surface area contributed by atoms with Gasteiger partial charge in [0.05, 0.1) is 15.9 Å². The van der Waals surface area contributed by atoms with E-state index in [-0.39, 0.29) is 0 Å². The standard InChI is InChI=1S/C20H20Br2N2OS/c1-12-8-18(24-6-4-13(10-25)5-7-24)20-19(23-12)16(11-26-20)15-3-2-14(21)9-17(15)22/h2-3,8-9,11,13,25H,4-7,10H2,1H3. The van der Waals surface area contributed by atoms with Gasteiger partial charge in [-0.25, -0.2) is 0 Å². The molecule has 1 aliphatic heterocycles. The third-order valence-corrected chi connectivity index (χ3v) is 7.21. The molecule has 0 bridgehead atoms. The second-order valence-electron chi connectivity index (χ2n) is 6.85. The quantitative estimate of drug-likeness (QED) is 0.483. The van der Waals surface area contributed by atoms with E-state index in [4.69, 9.17) is 4.98 Å². The van der Waals surface area contributed by atoms with E-state index in [1.165, 1.54) is 21.5 Å². The summed E-state index contributed by atoms with van der Waals surface area (Å²) >= 11 is 8.99. The Morgan fingerprint density at radius 3 is 2.65 bits per heavy atom. The number of aliphatic hydroxyl groups excluding tert-OH is 1. The SMILES string of the molecule is Cc1cc(N2CCC(CO)CC2)c2scc(-c3ccc(Br)cc3Br)c2n1. The molecule has 0 radical (unpaired) electrons. The molecular weight excluding hydrogens is 476 g/mol. The van der Waals surface area contributed by atoms with Gasteiger partial charge in [0.15, 0.2) is 0 Å². The lowest BCUT2D eigenvalue weighted by Crippen LogP contribution is -2.34. The number of fused-ring (bicyclic) bond motifs is 1. The third-order valence-electron chi connectivity index (χ3n) is 5.07. The molecule has 26 heavy (non-hydrogen) atoms. The van der Waals surface area contributed by atoms with Crippen LogP contribution in [0.5, 0.6) is 0 Å². The second-order valence-corrected chi connectivity index (χ2v) is 9.50. The topological polar surface area (TPSA) is 36.4 Å². The van der Waals surface area contributed by atoms with Crippen molar-refractivity contribution in [1.29, 1.82) is 0 Å². The fourth-order valence-corrected chi connectivity index (χ4v) is 5.92. The van der Waals surface area contributed by atoms with Crippen molar-refractivity contribution < 1.29 is 5.11 Å². The van der Waals surface area contributed by atoms with Crippen molar-refractivity contribution in [2.24, 2.45) is 5.92 Å². The molecule has 0 atom stereocenters. The molecule has 1 fully saturated rings. The first-order valence-corrected chi connectivity index (χ1v) is 11.2. The fraction of sp³-hybridized carbons (Fsp3) is 0.350. The van der Waals surface area contributed by atoms with Crippen LogP contribution in [-0.4, -0.2) is 29.8 Å². The van der Waals surface area contributed by atoms with Gasteiger partial charge in [-0.05, 0) is 49.4 Å². The van der Waals surface area contributed by atoms with Gasteiger partial charge >= 0.3 is 0 Å². The van der Waals surface area contributed by atoms with E-state index >= 15 is 0 Å². The predicted octanol–water partition coefficient (Wildman–Crippen LogP) is 6.01. The van der Waals surface area contributed by atoms with Crippen LogP contribution in [0.4, 0.5) is 5.69 Å². The van der Waals surface area contributed by atoms with Crippen molar-refractivity contribution >= 4 is 59.1 Å². The molecular formula is C20H20Br2N2OS. The first-order valence-electron chi connectivity index (χ1n) is 8.77. The minimum Gasteiger partial charge on any atom is -0.396 e. The molecule has 0 spiro atoms. The van der Waals surface area contributed by atoms with Gasteiger partial charge in [-0.1, -0.05) is 37.9 Å². The van der Waals surface area contributed by atoms with Crippen LogP contribution in [-0.2, 0) is 0 Å². The summed E-state index contributed by atoms with van der Waals surface area (Å²) in [5, 5.41) is 11.6. The summed E-state index contributed by atoms with van der Waals surface area (Å²) in [7, 11) is 0. The summed E-state index contributed by atoms with van der Waals surface area (Å²) in [5.41, 5.74) is 5.76. The van der Waals surface area contributed by atoms with Crippen molar-refractivity contribution in [3.05, 3.63) is 44.3 Å². The largest absolute Gasteiger partial charge is 0.396 e. The lowest BCUT2D eigenvalue weighted by atomic mass is 9.97. The van der Waals surface area contributed by atoms with Gasteiger partial charge in [0.1, 0.15) is 0 Å². The zero-order chi connectivity index (χ0) is 18.3. The monoisotopic (exact) mass is 494 g/mol. The first-order chi connectivity index (χ1) is 12.6. The van der Waals surface area contributed by atoms with E-state index in [9.17, 15) is 5.11 Å². The number of piperidine rings is 1. The van der Waals surface area contributed by atoms with Gasteiger partial charge < -0.3 is 10.0 Å². The fourth-order valence-electron chi connectivity index (χ4n) is 3.61. The average Bonchev–Trinajstić information content (AvgIpc) is 3.04. The Balaban J connectivity index is 1.78. The Morgan fingerprint density at radius 2 is 1.96 bits per heavy atom. The van der Waals surface area contributed by atoms with Crippen LogP contribution in [0.25, 0.3) is 21.3 Å². The number of anilines is 1. The van der Waals surface area contributed by atoms with Crippen molar-refractivity contribution in [2.45, 2.75) is 19.8 Å². The van der Waals surface area contributed by atoms with Crippen LogP contribution >= 0.6 is 43.2 Å². The summed E-state index contributed by atoms with van der Waals surface area (Å²) in [6.45, 7) is 4.37. The maximum Gasteiger partial charge on any atom is 0.0912 e. The number of aliphatic hydroxyl groups is 1. The number of aromatic nitrogens is 1. The Kier molecular flexibility index (Phi) is 5.37. The zero-order valence-corrected chi connectivity index (χ0v) is 18.5. The number of hydrogen-bond acceptors (Lipinski definition) is 4. The highest BCUT2D eigenvalue weighted by Crippen LogP contribution is 2.42. The molecule has 3 nitrogen and oxygen atoms in total. The highest BCUT2D eigenvalue weighted by molar-refractivity contribution is 9.11. The van der Waals surface area contributed by atoms with Gasteiger partial charge in [-0.15, -0.1) is 11.3 Å². The normalized spacial score (nSPS) is 15.8. The van der Waals surface area contributed by atoms with Crippen LogP contribution in [0, 0.1) is 12.8 Å². The molecule has 3 heterocycles. The summed E-state index contributed by atoms with van der Waals surface area (Å²) in [4.78, 5) is 7.33. The van der Waals surface area contributed by atoms with Crippen molar-refractivity contribution in [3.8, 4) is 11.1 Å². The Hall–Kier alpha value is -0.950. The maximum absolute atomic E-state index is 9.40. The van der Waals surface area contributed by atoms with Gasteiger partial charge in [0, 0.05) is 45.3 Å². The molecule has 136 valence electrons. The van der Waals surface area contributed by atoms with Crippen LogP contribution in [0.1, 0.15) is 18.5 Å². The maximum atomic E-state index is 9.40. The highest BCUT2D eigenvalue weighted by atomic mass is 79.9. The number of thiophene rings is 1. The molecule has 1 aromatic carbocycles. The van der Waals surface area contributed by atoms with Gasteiger partial charge in [0.25, 0.3) is 0 Å². The number of rotatable bonds is 3. The number of nitrogens with zero attached hydrogens (tertiary/aromatic N) is 2. The summed E-state index contributed by atoms with van der Waals surface area (Å²) in [6, 6.07) is 8.49. The van der Waals surface area contributed by atoms with Crippen LogP contribution in [0.2, 0.25) is 0 Å². The van der Waals surface area contributed by atoms with Crippen LogP contribution in [0.3, 0.4) is 0 Å². The van der Waals surface area contributed by atoms with Crippen LogP contribution < -0.4 is 4.90 Å². The number of hydrogen-bond donors (Lipinski definition) is 1. The van der Waals surface area contributed by atoms with Gasteiger partial charge in [-0.2, -0.15) is 0 Å². The molecule has 0 aliphatic carbocycles. The van der Waals surface area contributed by atoms with E-state index < -0.39 is 0 Å². The van der Waals surface area contributed by atoms with Crippen molar-refractivity contribution in [2.75, 3.05) is 24.6 Å². The smallest absolute Gasteiger partial charge is 0.0912 e. The highest BCUT2D eigenvalue weighted by Gasteiger charge is 2.22. The number of halogens is 2. The third kappa shape index (κ3) is 3.44. The van der Waals surface area contributed by atoms with Crippen molar-refractivity contribution in [1.82, 2.24) is 4.98 Å². The average molecular weight is 496 g/mol. The number of pyridine rings is 1. The Morgan fingerprint density at radius 1 is 1.19 bits per heavy atom. The molecule has 1 aliphatic rings. The van der Waals surface area contributed by atoms with E-state index in [2.05, 4.69) is 73.3 Å². The molecule has 0 saturated carbocycles. The minimum absolute atomic E-state index is 0.305. The van der Waals surface area contributed by atoms with E-state index in [0.717, 1.165) is 46.1 Å². The zero-order valence-electron chi connectivity index (χ0n) is 14.5. The Bertz CT molecular complexity index is 948. The van der Waals surface area contributed by atoms with Gasteiger partial charge in [-0.3, -0.25) is 4.98 Å². The van der Waals surface area contributed by atoms with E-state index in [1.807, 2.05) is 0 Å². The number of benzene rings is 1. The van der Waals surface area contributed by atoms with Crippen LogP contribution in [0.15, 0.2) is 38.6 Å². The molecule has 1 saturated heterocycles. The summed E-state index contributed by atoms with van der Waals surface area (Å²) in [5.74, 6) is 0.447. The predicted molar refractivity (Wildman–Crippen MR) is 117 cm³/mol. The van der Waals surface area contributed by atoms with E-state index in [0.29, 0.717) is 12.5 Å². The van der Waals surface area contributed by atoms with Crippen molar-refractivity contribution in [3.63, 3.8) is 0 Å². The Labute approximate surface area is 174 Å². The number of aryl methyl sites for hydroxylation is 1. The molecule has 2 aromatic heterocycles. The second kappa shape index (κ2) is 7.58. The van der Waals surface area contributed by atoms with Gasteiger partial charge in [0.2, 0.25) is 0 Å². The lowest BCUT2D eigenvalue weighted by Gasteiger charge is -2.33. The molecule has 0 amide bonds. The van der Waals surface area contributed by atoms with E-state index in [1.54, 1.807) is 11.3 Å². The minimum atomic E-state index is 0.305. The molecule has 3 aromatic rings. The molecule has 4 rings (SSSR count). The lowest BCUT2D eigenvalue weighted by molar-refractivity contribution is 0.203. The first kappa shape index (κ1) is 18.4. The molecule has 1 N–H and O–H groups in total. The molecule has 0 unspecified atom stereocenters. The molecule has 6 heteroatoms. The summed E-state index contributed by atoms with van der Waals surface area (Å²) in [6.07, 6.45) is 2.10.